The summed E-state index contributed by atoms with van der Waals surface area (Å²) in [5, 5.41) is 4.03. The number of aryl methyl sites for hydroxylation is 1. The van der Waals surface area contributed by atoms with Crippen LogP contribution in [0, 0.1) is 12.7 Å². The average molecular weight is 406 g/mol. The van der Waals surface area contributed by atoms with Crippen molar-refractivity contribution in [3.63, 3.8) is 0 Å². The van der Waals surface area contributed by atoms with E-state index < -0.39 is 0 Å². The van der Waals surface area contributed by atoms with E-state index in [-0.39, 0.29) is 36.5 Å². The number of thiazole rings is 1. The lowest BCUT2D eigenvalue weighted by molar-refractivity contribution is 0.0711. The van der Waals surface area contributed by atoms with Crippen molar-refractivity contribution in [1.29, 1.82) is 0 Å². The molecular weight excluding hydrogens is 384 g/mol. The van der Waals surface area contributed by atoms with Gasteiger partial charge < -0.3 is 10.2 Å². The molecule has 0 atom stereocenters. The maximum absolute atomic E-state index is 13.0. The largest absolute Gasteiger partial charge is 0.338 e. The number of hydrogen-bond donors (Lipinski definition) is 1. The van der Waals surface area contributed by atoms with Crippen molar-refractivity contribution in [3.05, 3.63) is 40.7 Å². The zero-order valence-electron chi connectivity index (χ0n) is 14.1. The molecule has 1 N–H and O–H groups in total. The van der Waals surface area contributed by atoms with E-state index in [9.17, 15) is 9.18 Å². The number of piperidine rings is 1. The number of carbonyl (C=O) groups is 1. The molecule has 1 aromatic carbocycles. The molecule has 3 rings (SSSR count). The maximum atomic E-state index is 13.0. The lowest BCUT2D eigenvalue weighted by Gasteiger charge is -2.31. The van der Waals surface area contributed by atoms with E-state index in [0.717, 1.165) is 42.2 Å². The molecule has 0 radical (unpaired) electrons. The summed E-state index contributed by atoms with van der Waals surface area (Å²) >= 11 is 1.39. The highest BCUT2D eigenvalue weighted by Gasteiger charge is 2.26. The van der Waals surface area contributed by atoms with Crippen LogP contribution in [0.2, 0.25) is 0 Å². The lowest BCUT2D eigenvalue weighted by Crippen LogP contribution is -2.43. The Labute approximate surface area is 163 Å². The maximum Gasteiger partial charge on any atom is 0.265 e. The van der Waals surface area contributed by atoms with Crippen LogP contribution in [0.15, 0.2) is 24.3 Å². The minimum absolute atomic E-state index is 0. The van der Waals surface area contributed by atoms with Gasteiger partial charge in [-0.3, -0.25) is 4.79 Å². The van der Waals surface area contributed by atoms with Gasteiger partial charge in [0.2, 0.25) is 0 Å². The van der Waals surface area contributed by atoms with E-state index in [4.69, 9.17) is 0 Å². The molecule has 0 unspecified atom stereocenters. The SMILES string of the molecule is CNC1CCN(C(=O)c2sc(-c3ccc(F)cc3)nc2C)CC1.Cl.Cl. The number of aromatic nitrogens is 1. The van der Waals surface area contributed by atoms with Gasteiger partial charge in [0.05, 0.1) is 5.69 Å². The molecule has 4 nitrogen and oxygen atoms in total. The standard InChI is InChI=1S/C17H20FN3OS.2ClH/c1-11-15(17(22)21-9-7-14(19-2)8-10-21)23-16(20-11)12-3-5-13(18)6-4-12;;/h3-6,14,19H,7-10H2,1-2H3;2*1H. The Morgan fingerprint density at radius 3 is 2.40 bits per heavy atom. The normalized spacial score (nSPS) is 14.6. The molecule has 2 heterocycles. The topological polar surface area (TPSA) is 45.2 Å². The van der Waals surface area contributed by atoms with Gasteiger partial charge in [-0.2, -0.15) is 0 Å². The second-order valence-corrected chi connectivity index (χ2v) is 6.79. The number of nitrogens with one attached hydrogen (secondary N) is 1. The summed E-state index contributed by atoms with van der Waals surface area (Å²) < 4.78 is 13.0. The molecular formula is C17H22Cl2FN3OS. The van der Waals surface area contributed by atoms with Crippen LogP contribution in [0.3, 0.4) is 0 Å². The number of amides is 1. The molecule has 1 fully saturated rings. The number of hydrogen-bond acceptors (Lipinski definition) is 4. The predicted molar refractivity (Wildman–Crippen MR) is 105 cm³/mol. The molecule has 25 heavy (non-hydrogen) atoms. The summed E-state index contributed by atoms with van der Waals surface area (Å²) in [6.07, 6.45) is 1.95. The summed E-state index contributed by atoms with van der Waals surface area (Å²) in [6.45, 7) is 3.40. The molecule has 0 saturated carbocycles. The van der Waals surface area contributed by atoms with Crippen molar-refractivity contribution >= 4 is 42.1 Å². The highest BCUT2D eigenvalue weighted by atomic mass is 35.5. The van der Waals surface area contributed by atoms with Crippen LogP contribution in [-0.4, -0.2) is 42.0 Å². The quantitative estimate of drug-likeness (QED) is 0.841. The molecule has 2 aromatic rings. The molecule has 8 heteroatoms. The van der Waals surface area contributed by atoms with Gasteiger partial charge in [-0.25, -0.2) is 9.37 Å². The minimum Gasteiger partial charge on any atom is -0.338 e. The molecule has 1 saturated heterocycles. The third kappa shape index (κ3) is 4.91. The van der Waals surface area contributed by atoms with Gasteiger partial charge in [-0.05, 0) is 51.1 Å². The van der Waals surface area contributed by atoms with Crippen molar-refractivity contribution in [2.75, 3.05) is 20.1 Å². The fourth-order valence-electron chi connectivity index (χ4n) is 2.83. The fourth-order valence-corrected chi connectivity index (χ4v) is 3.87. The Morgan fingerprint density at radius 1 is 1.24 bits per heavy atom. The van der Waals surface area contributed by atoms with Gasteiger partial charge in [-0.1, -0.05) is 0 Å². The van der Waals surface area contributed by atoms with Crippen molar-refractivity contribution < 1.29 is 9.18 Å². The molecule has 0 aliphatic carbocycles. The summed E-state index contributed by atoms with van der Waals surface area (Å²) in [6, 6.07) is 6.71. The zero-order chi connectivity index (χ0) is 16.4. The van der Waals surface area contributed by atoms with E-state index in [1.165, 1.54) is 23.5 Å². The monoisotopic (exact) mass is 405 g/mol. The number of rotatable bonds is 3. The zero-order valence-corrected chi connectivity index (χ0v) is 16.6. The third-order valence-electron chi connectivity index (χ3n) is 4.27. The molecule has 0 bridgehead atoms. The average Bonchev–Trinajstić information content (AvgIpc) is 2.96. The highest BCUT2D eigenvalue weighted by molar-refractivity contribution is 7.17. The molecule has 0 spiro atoms. The second-order valence-electron chi connectivity index (χ2n) is 5.80. The third-order valence-corrected chi connectivity index (χ3v) is 5.47. The molecule has 1 amide bonds. The second kappa shape index (κ2) is 9.48. The van der Waals surface area contributed by atoms with Crippen molar-refractivity contribution in [2.45, 2.75) is 25.8 Å². The summed E-state index contributed by atoms with van der Waals surface area (Å²) in [5.74, 6) is -0.214. The first kappa shape index (κ1) is 21.8. The number of carbonyl (C=O) groups excluding carboxylic acids is 1. The molecule has 1 aliphatic heterocycles. The molecule has 1 aliphatic rings. The first-order valence-corrected chi connectivity index (χ1v) is 8.60. The van der Waals surface area contributed by atoms with Crippen molar-refractivity contribution in [1.82, 2.24) is 15.2 Å². The van der Waals surface area contributed by atoms with Gasteiger partial charge in [0.1, 0.15) is 15.7 Å². The Balaban J connectivity index is 0.00000156. The van der Waals surface area contributed by atoms with Gasteiger partial charge in [0, 0.05) is 24.7 Å². The van der Waals surface area contributed by atoms with Crippen LogP contribution in [0.4, 0.5) is 4.39 Å². The van der Waals surface area contributed by atoms with Crippen LogP contribution in [0.1, 0.15) is 28.2 Å². The summed E-state index contributed by atoms with van der Waals surface area (Å²) in [4.78, 5) is 19.8. The Morgan fingerprint density at radius 2 is 1.84 bits per heavy atom. The first-order valence-electron chi connectivity index (χ1n) is 7.78. The van der Waals surface area contributed by atoms with Gasteiger partial charge in [0.15, 0.2) is 0 Å². The predicted octanol–water partition coefficient (Wildman–Crippen LogP) is 3.93. The summed E-state index contributed by atoms with van der Waals surface area (Å²) in [5.41, 5.74) is 1.59. The lowest BCUT2D eigenvalue weighted by atomic mass is 10.1. The van der Waals surface area contributed by atoms with Gasteiger partial charge in [0.25, 0.3) is 5.91 Å². The van der Waals surface area contributed by atoms with E-state index in [0.29, 0.717) is 10.9 Å². The van der Waals surface area contributed by atoms with E-state index >= 15 is 0 Å². The smallest absolute Gasteiger partial charge is 0.265 e. The van der Waals surface area contributed by atoms with E-state index in [1.807, 2.05) is 18.9 Å². The Kier molecular flexibility index (Phi) is 8.28. The summed E-state index contributed by atoms with van der Waals surface area (Å²) in [7, 11) is 1.96. The van der Waals surface area contributed by atoms with Crippen LogP contribution in [0.5, 0.6) is 0 Å². The van der Waals surface area contributed by atoms with E-state index in [1.54, 1.807) is 12.1 Å². The van der Waals surface area contributed by atoms with Gasteiger partial charge in [-0.15, -0.1) is 36.2 Å². The Bertz CT molecular complexity index is 700. The molecule has 1 aromatic heterocycles. The van der Waals surface area contributed by atoms with Crippen molar-refractivity contribution in [2.24, 2.45) is 0 Å². The van der Waals surface area contributed by atoms with Crippen LogP contribution in [-0.2, 0) is 0 Å². The number of nitrogens with zero attached hydrogens (tertiary/aromatic N) is 2. The molecule has 138 valence electrons. The fraction of sp³-hybridized carbons (Fsp3) is 0.412. The first-order chi connectivity index (χ1) is 11.1. The minimum atomic E-state index is -0.272. The van der Waals surface area contributed by atoms with Gasteiger partial charge >= 0.3 is 0 Å². The Hall–Kier alpha value is -1.21. The van der Waals surface area contributed by atoms with Crippen LogP contribution in [0.25, 0.3) is 10.6 Å². The van der Waals surface area contributed by atoms with Crippen LogP contribution >= 0.6 is 36.2 Å². The number of halogens is 3. The van der Waals surface area contributed by atoms with Crippen molar-refractivity contribution in [3.8, 4) is 10.6 Å². The number of likely N-dealkylation sites (tertiary alicyclic amines) is 1. The van der Waals surface area contributed by atoms with Crippen LogP contribution < -0.4 is 5.32 Å². The number of benzene rings is 1. The highest BCUT2D eigenvalue weighted by Crippen LogP contribution is 2.29. The van der Waals surface area contributed by atoms with E-state index in [2.05, 4.69) is 10.3 Å².